The maximum atomic E-state index is 13.8. The highest BCUT2D eigenvalue weighted by Gasteiger charge is 2.37. The number of hydrogen-bond donors (Lipinski definition) is 1. The smallest absolute Gasteiger partial charge is 0.132 e. The van der Waals surface area contributed by atoms with E-state index < -0.39 is 11.6 Å². The van der Waals surface area contributed by atoms with Crippen molar-refractivity contribution in [3.8, 4) is 0 Å². The molecule has 2 aliphatic rings. The summed E-state index contributed by atoms with van der Waals surface area (Å²) in [7, 11) is 0. The lowest BCUT2D eigenvalue weighted by atomic mass is 10.1. The molecule has 4 nitrogen and oxygen atoms in total. The number of H-pyrrole nitrogens is 1. The Bertz CT molecular complexity index is 974. The molecule has 1 unspecified atom stereocenters. The zero-order valence-electron chi connectivity index (χ0n) is 13.4. The van der Waals surface area contributed by atoms with Crippen LogP contribution >= 0.6 is 0 Å². The van der Waals surface area contributed by atoms with E-state index in [-0.39, 0.29) is 6.17 Å². The van der Waals surface area contributed by atoms with Gasteiger partial charge in [-0.05, 0) is 36.6 Å². The van der Waals surface area contributed by atoms with Crippen LogP contribution in [0.25, 0.3) is 10.9 Å². The molecule has 2 aliphatic heterocycles. The Kier molecular flexibility index (Phi) is 3.07. The number of rotatable bonds is 2. The first-order valence-corrected chi connectivity index (χ1v) is 8.34. The van der Waals surface area contributed by atoms with Gasteiger partial charge in [-0.25, -0.2) is 8.78 Å². The summed E-state index contributed by atoms with van der Waals surface area (Å²) in [6, 6.07) is 9.80. The molecular formula is C19H16F2N4. The van der Waals surface area contributed by atoms with Crippen LogP contribution in [0.5, 0.6) is 0 Å². The molecule has 6 heteroatoms. The van der Waals surface area contributed by atoms with Crippen LogP contribution in [-0.2, 0) is 0 Å². The number of fused-ring (bicyclic) bond motifs is 2. The maximum absolute atomic E-state index is 13.8. The molecule has 0 bridgehead atoms. The summed E-state index contributed by atoms with van der Waals surface area (Å²) in [5.41, 5.74) is 3.75. The third kappa shape index (κ3) is 2.28. The van der Waals surface area contributed by atoms with E-state index in [1.54, 1.807) is 6.20 Å². The molecule has 3 heterocycles. The molecule has 0 spiro atoms. The van der Waals surface area contributed by atoms with Crippen LogP contribution in [-0.4, -0.2) is 21.6 Å². The van der Waals surface area contributed by atoms with Gasteiger partial charge in [0.15, 0.2) is 0 Å². The van der Waals surface area contributed by atoms with Crippen molar-refractivity contribution in [2.45, 2.75) is 19.0 Å². The molecule has 0 radical (unpaired) electrons. The highest BCUT2D eigenvalue weighted by atomic mass is 19.1. The van der Waals surface area contributed by atoms with E-state index in [2.05, 4.69) is 27.2 Å². The summed E-state index contributed by atoms with van der Waals surface area (Å²) in [6.45, 7) is 0.936. The SMILES string of the molecule is Fc1cc(F)cc(N2C=C3CCCN3C2c2ccc3cn[nH]c3c2)c1. The summed E-state index contributed by atoms with van der Waals surface area (Å²) < 4.78 is 27.5. The molecule has 3 aromatic rings. The first kappa shape index (κ1) is 14.5. The van der Waals surface area contributed by atoms with E-state index in [1.165, 1.54) is 17.8 Å². The number of benzene rings is 2. The fourth-order valence-corrected chi connectivity index (χ4v) is 3.88. The quantitative estimate of drug-likeness (QED) is 0.757. The van der Waals surface area contributed by atoms with Gasteiger partial charge < -0.3 is 9.80 Å². The second-order valence-corrected chi connectivity index (χ2v) is 6.54. The summed E-state index contributed by atoms with van der Waals surface area (Å²) in [6.07, 6.45) is 5.78. The summed E-state index contributed by atoms with van der Waals surface area (Å²) in [5, 5.41) is 8.10. The van der Waals surface area contributed by atoms with E-state index >= 15 is 0 Å². The molecule has 1 aromatic heterocycles. The van der Waals surface area contributed by atoms with Gasteiger partial charge in [-0.3, -0.25) is 5.10 Å². The van der Waals surface area contributed by atoms with Crippen LogP contribution in [0.2, 0.25) is 0 Å². The molecule has 0 amide bonds. The second kappa shape index (κ2) is 5.31. The van der Waals surface area contributed by atoms with Crippen LogP contribution in [0.4, 0.5) is 14.5 Å². The van der Waals surface area contributed by atoms with Crippen molar-refractivity contribution in [3.63, 3.8) is 0 Å². The van der Waals surface area contributed by atoms with Crippen LogP contribution < -0.4 is 4.90 Å². The van der Waals surface area contributed by atoms with Crippen molar-refractivity contribution >= 4 is 16.6 Å². The second-order valence-electron chi connectivity index (χ2n) is 6.54. The number of anilines is 1. The first-order valence-electron chi connectivity index (χ1n) is 8.34. The average molecular weight is 338 g/mol. The molecular weight excluding hydrogens is 322 g/mol. The minimum Gasteiger partial charge on any atom is -0.349 e. The zero-order chi connectivity index (χ0) is 17.0. The van der Waals surface area contributed by atoms with Gasteiger partial charge in [0.2, 0.25) is 0 Å². The molecule has 0 saturated carbocycles. The van der Waals surface area contributed by atoms with Gasteiger partial charge in [0.25, 0.3) is 0 Å². The molecule has 1 fully saturated rings. The minimum absolute atomic E-state index is 0.105. The Morgan fingerprint density at radius 2 is 1.92 bits per heavy atom. The fourth-order valence-electron chi connectivity index (χ4n) is 3.88. The van der Waals surface area contributed by atoms with Crippen molar-refractivity contribution in [3.05, 3.63) is 71.7 Å². The van der Waals surface area contributed by atoms with E-state index in [4.69, 9.17) is 0 Å². The van der Waals surface area contributed by atoms with Crippen molar-refractivity contribution in [2.75, 3.05) is 11.4 Å². The van der Waals surface area contributed by atoms with Gasteiger partial charge in [-0.2, -0.15) is 5.10 Å². The molecule has 25 heavy (non-hydrogen) atoms. The van der Waals surface area contributed by atoms with E-state index in [9.17, 15) is 8.78 Å². The predicted octanol–water partition coefficient (Wildman–Crippen LogP) is 4.30. The number of nitrogens with one attached hydrogen (secondary N) is 1. The summed E-state index contributed by atoms with van der Waals surface area (Å²) in [4.78, 5) is 4.26. The number of aromatic amines is 1. The molecule has 1 atom stereocenters. The Balaban J connectivity index is 1.63. The van der Waals surface area contributed by atoms with Crippen molar-refractivity contribution in [1.82, 2.24) is 15.1 Å². The van der Waals surface area contributed by atoms with Crippen molar-refractivity contribution in [2.24, 2.45) is 0 Å². The lowest BCUT2D eigenvalue weighted by Gasteiger charge is -2.32. The van der Waals surface area contributed by atoms with Crippen LogP contribution in [0.1, 0.15) is 24.6 Å². The van der Waals surface area contributed by atoms with E-state index in [1.807, 2.05) is 17.2 Å². The Hall–Kier alpha value is -2.89. The number of allylic oxidation sites excluding steroid dienone is 1. The predicted molar refractivity (Wildman–Crippen MR) is 91.7 cm³/mol. The molecule has 1 saturated heterocycles. The monoisotopic (exact) mass is 338 g/mol. The summed E-state index contributed by atoms with van der Waals surface area (Å²) >= 11 is 0. The fraction of sp³-hybridized carbons (Fsp3) is 0.211. The van der Waals surface area contributed by atoms with Gasteiger partial charge in [0.05, 0.1) is 11.7 Å². The van der Waals surface area contributed by atoms with Crippen LogP contribution in [0.3, 0.4) is 0 Å². The molecule has 1 N–H and O–H groups in total. The highest BCUT2D eigenvalue weighted by molar-refractivity contribution is 5.78. The normalized spacial score (nSPS) is 19.6. The number of aromatic nitrogens is 2. The lowest BCUT2D eigenvalue weighted by Crippen LogP contribution is -2.30. The Morgan fingerprint density at radius 1 is 1.08 bits per heavy atom. The highest BCUT2D eigenvalue weighted by Crippen LogP contribution is 2.43. The number of nitrogens with zero attached hydrogens (tertiary/aromatic N) is 3. The number of halogens is 2. The van der Waals surface area contributed by atoms with Crippen LogP contribution in [0, 0.1) is 11.6 Å². The van der Waals surface area contributed by atoms with Crippen molar-refractivity contribution in [1.29, 1.82) is 0 Å². The van der Waals surface area contributed by atoms with Crippen LogP contribution in [0.15, 0.2) is 54.5 Å². The van der Waals surface area contributed by atoms with Gasteiger partial charge in [-0.15, -0.1) is 0 Å². The van der Waals surface area contributed by atoms with E-state index in [0.29, 0.717) is 5.69 Å². The van der Waals surface area contributed by atoms with Crippen molar-refractivity contribution < 1.29 is 8.78 Å². The first-order chi connectivity index (χ1) is 12.2. The molecule has 5 rings (SSSR count). The van der Waals surface area contributed by atoms with Gasteiger partial charge >= 0.3 is 0 Å². The molecule has 2 aromatic carbocycles. The number of hydrogen-bond acceptors (Lipinski definition) is 3. The third-order valence-corrected chi connectivity index (χ3v) is 4.96. The van der Waals surface area contributed by atoms with Gasteiger partial charge in [-0.1, -0.05) is 12.1 Å². The lowest BCUT2D eigenvalue weighted by molar-refractivity contribution is 0.319. The minimum atomic E-state index is -0.566. The molecule has 126 valence electrons. The topological polar surface area (TPSA) is 35.2 Å². The maximum Gasteiger partial charge on any atom is 0.132 e. The van der Waals surface area contributed by atoms with Gasteiger partial charge in [0.1, 0.15) is 17.8 Å². The largest absolute Gasteiger partial charge is 0.349 e. The standard InChI is InChI=1S/C19H16F2N4/c20-14-7-15(21)9-17(8-14)25-11-16-2-1-5-24(16)19(25)12-3-4-13-10-22-23-18(13)6-12/h3-4,6-11,19H,1-2,5H2,(H,22,23). The average Bonchev–Trinajstić information content (AvgIpc) is 3.28. The van der Waals surface area contributed by atoms with E-state index in [0.717, 1.165) is 41.9 Å². The third-order valence-electron chi connectivity index (χ3n) is 4.96. The molecule has 0 aliphatic carbocycles. The summed E-state index contributed by atoms with van der Waals surface area (Å²) in [5.74, 6) is -1.13. The van der Waals surface area contributed by atoms with Gasteiger partial charge in [0, 0.05) is 35.6 Å². The zero-order valence-corrected chi connectivity index (χ0v) is 13.4. The Morgan fingerprint density at radius 3 is 2.76 bits per heavy atom. The Labute approximate surface area is 143 Å².